The molecule has 18 heavy (non-hydrogen) atoms. The van der Waals surface area contributed by atoms with Gasteiger partial charge in [0.05, 0.1) is 0 Å². The first-order valence-corrected chi connectivity index (χ1v) is 6.59. The summed E-state index contributed by atoms with van der Waals surface area (Å²) < 4.78 is 13.3. The topological polar surface area (TPSA) is 29.3 Å². The molecule has 0 amide bonds. The third-order valence-corrected chi connectivity index (χ3v) is 2.94. The zero-order chi connectivity index (χ0) is 13.9. The predicted octanol–water partition coefficient (Wildman–Crippen LogP) is 3.33. The van der Waals surface area contributed by atoms with Gasteiger partial charge in [0.2, 0.25) is 0 Å². The van der Waals surface area contributed by atoms with E-state index in [0.29, 0.717) is 17.5 Å². The Kier molecular flexibility index (Phi) is 5.08. The first-order chi connectivity index (χ1) is 8.32. The van der Waals surface area contributed by atoms with Crippen LogP contribution in [0.5, 0.6) is 0 Å². The summed E-state index contributed by atoms with van der Waals surface area (Å²) in [6, 6.07) is 4.93. The largest absolute Gasteiger partial charge is 0.389 e. The third kappa shape index (κ3) is 3.67. The van der Waals surface area contributed by atoms with Gasteiger partial charge in [-0.05, 0) is 38.0 Å². The van der Waals surface area contributed by atoms with Gasteiger partial charge in [0, 0.05) is 23.8 Å². The van der Waals surface area contributed by atoms with Crippen LogP contribution >= 0.6 is 12.2 Å². The molecule has 0 aliphatic rings. The Hall–Kier alpha value is -1.16. The number of halogens is 1. The average Bonchev–Trinajstić information content (AvgIpc) is 2.25. The fourth-order valence-electron chi connectivity index (χ4n) is 1.94. The first-order valence-electron chi connectivity index (χ1n) is 6.19. The molecule has 0 saturated heterocycles. The maximum absolute atomic E-state index is 13.3. The van der Waals surface area contributed by atoms with E-state index < -0.39 is 0 Å². The number of rotatable bonds is 5. The number of nitrogens with two attached hydrogens (primary N) is 1. The fourth-order valence-corrected chi connectivity index (χ4v) is 2.10. The van der Waals surface area contributed by atoms with Crippen LogP contribution in [0.2, 0.25) is 0 Å². The molecule has 0 spiro atoms. The van der Waals surface area contributed by atoms with Gasteiger partial charge in [0.1, 0.15) is 10.8 Å². The highest BCUT2D eigenvalue weighted by Gasteiger charge is 2.17. The molecule has 100 valence electrons. The van der Waals surface area contributed by atoms with Crippen LogP contribution in [0.4, 0.5) is 10.1 Å². The van der Waals surface area contributed by atoms with Crippen molar-refractivity contribution in [2.45, 2.75) is 33.7 Å². The molecule has 1 aromatic rings. The van der Waals surface area contributed by atoms with Crippen LogP contribution in [-0.4, -0.2) is 17.6 Å². The van der Waals surface area contributed by atoms with Crippen molar-refractivity contribution in [2.24, 2.45) is 11.7 Å². The first kappa shape index (κ1) is 14.9. The Morgan fingerprint density at radius 1 is 1.33 bits per heavy atom. The third-order valence-electron chi connectivity index (χ3n) is 2.72. The lowest BCUT2D eigenvalue weighted by Crippen LogP contribution is -2.35. The van der Waals surface area contributed by atoms with Gasteiger partial charge in [-0.15, -0.1) is 0 Å². The summed E-state index contributed by atoms with van der Waals surface area (Å²) in [6.07, 6.45) is 0. The molecule has 2 nitrogen and oxygen atoms in total. The molecule has 0 atom stereocenters. The maximum Gasteiger partial charge on any atom is 0.124 e. The molecule has 2 N–H and O–H groups in total. The standard InChI is InChI=1S/C14H21FN2S/c1-9(2)8-17(10(3)4)13-6-5-11(15)7-12(13)14(16)18/h5-7,9-10H,8H2,1-4H3,(H2,16,18). The summed E-state index contributed by atoms with van der Waals surface area (Å²) in [5, 5.41) is 0. The van der Waals surface area contributed by atoms with Crippen molar-refractivity contribution < 1.29 is 4.39 Å². The molecule has 4 heteroatoms. The van der Waals surface area contributed by atoms with Gasteiger partial charge in [-0.25, -0.2) is 4.39 Å². The highest BCUT2D eigenvalue weighted by molar-refractivity contribution is 7.80. The molecule has 1 rings (SSSR count). The zero-order valence-corrected chi connectivity index (χ0v) is 12.2. The normalized spacial score (nSPS) is 11.1. The lowest BCUT2D eigenvalue weighted by atomic mass is 10.1. The van der Waals surface area contributed by atoms with Crippen LogP contribution in [0.1, 0.15) is 33.3 Å². The number of hydrogen-bond acceptors (Lipinski definition) is 2. The highest BCUT2D eigenvalue weighted by Crippen LogP contribution is 2.24. The van der Waals surface area contributed by atoms with Crippen molar-refractivity contribution in [3.05, 3.63) is 29.6 Å². The molecule has 0 aliphatic heterocycles. The van der Waals surface area contributed by atoms with Gasteiger partial charge >= 0.3 is 0 Å². The van der Waals surface area contributed by atoms with E-state index in [9.17, 15) is 4.39 Å². The van der Waals surface area contributed by atoms with Gasteiger partial charge in [0.25, 0.3) is 0 Å². The molecule has 0 saturated carbocycles. The summed E-state index contributed by atoms with van der Waals surface area (Å²) >= 11 is 5.01. The van der Waals surface area contributed by atoms with Crippen LogP contribution in [0.25, 0.3) is 0 Å². The second-order valence-corrected chi connectivity index (χ2v) is 5.61. The average molecular weight is 268 g/mol. The zero-order valence-electron chi connectivity index (χ0n) is 11.4. The minimum atomic E-state index is -0.310. The maximum atomic E-state index is 13.3. The predicted molar refractivity (Wildman–Crippen MR) is 79.6 cm³/mol. The van der Waals surface area contributed by atoms with Crippen LogP contribution in [0, 0.1) is 11.7 Å². The van der Waals surface area contributed by atoms with Crippen LogP contribution in [0.15, 0.2) is 18.2 Å². The summed E-state index contributed by atoms with van der Waals surface area (Å²) in [5.74, 6) is 0.200. The minimum Gasteiger partial charge on any atom is -0.389 e. The lowest BCUT2D eigenvalue weighted by Gasteiger charge is -2.32. The van der Waals surface area contributed by atoms with Crippen LogP contribution < -0.4 is 10.6 Å². The smallest absolute Gasteiger partial charge is 0.124 e. The van der Waals surface area contributed by atoms with Crippen molar-refractivity contribution in [3.63, 3.8) is 0 Å². The number of benzene rings is 1. The molecule has 0 aliphatic carbocycles. The van der Waals surface area contributed by atoms with Gasteiger partial charge in [-0.1, -0.05) is 26.1 Å². The molecule has 0 heterocycles. The number of anilines is 1. The van der Waals surface area contributed by atoms with E-state index in [1.807, 2.05) is 0 Å². The minimum absolute atomic E-state index is 0.235. The molecular formula is C14H21FN2S. The summed E-state index contributed by atoms with van der Waals surface area (Å²) in [7, 11) is 0. The Morgan fingerprint density at radius 3 is 2.39 bits per heavy atom. The lowest BCUT2D eigenvalue weighted by molar-refractivity contribution is 0.569. The van der Waals surface area contributed by atoms with Crippen molar-refractivity contribution >= 4 is 22.9 Å². The van der Waals surface area contributed by atoms with Crippen molar-refractivity contribution in [2.75, 3.05) is 11.4 Å². The Bertz CT molecular complexity index is 430. The van der Waals surface area contributed by atoms with E-state index in [0.717, 1.165) is 12.2 Å². The monoisotopic (exact) mass is 268 g/mol. The van der Waals surface area contributed by atoms with E-state index in [1.54, 1.807) is 6.07 Å². The van der Waals surface area contributed by atoms with Gasteiger partial charge in [-0.2, -0.15) is 0 Å². The second kappa shape index (κ2) is 6.14. The molecule has 0 unspecified atom stereocenters. The van der Waals surface area contributed by atoms with Gasteiger partial charge in [0.15, 0.2) is 0 Å². The van der Waals surface area contributed by atoms with Crippen molar-refractivity contribution in [1.82, 2.24) is 0 Å². The Morgan fingerprint density at radius 2 is 1.94 bits per heavy atom. The quantitative estimate of drug-likeness (QED) is 0.831. The fraction of sp³-hybridized carbons (Fsp3) is 0.500. The van der Waals surface area contributed by atoms with Crippen molar-refractivity contribution in [3.8, 4) is 0 Å². The molecule has 1 aromatic carbocycles. The van der Waals surface area contributed by atoms with E-state index in [-0.39, 0.29) is 10.8 Å². The highest BCUT2D eigenvalue weighted by atomic mass is 32.1. The summed E-state index contributed by atoms with van der Waals surface area (Å²) in [4.78, 5) is 2.44. The van der Waals surface area contributed by atoms with E-state index >= 15 is 0 Å². The summed E-state index contributed by atoms with van der Waals surface area (Å²) in [6.45, 7) is 9.40. The van der Waals surface area contributed by atoms with Crippen LogP contribution in [0.3, 0.4) is 0 Å². The van der Waals surface area contributed by atoms with E-state index in [4.69, 9.17) is 18.0 Å². The van der Waals surface area contributed by atoms with Gasteiger partial charge < -0.3 is 10.6 Å². The molecule has 0 fully saturated rings. The number of nitrogens with zero attached hydrogens (tertiary/aromatic N) is 1. The molecule has 0 radical (unpaired) electrons. The Labute approximate surface area is 114 Å². The van der Waals surface area contributed by atoms with Gasteiger partial charge in [-0.3, -0.25) is 0 Å². The SMILES string of the molecule is CC(C)CN(c1ccc(F)cc1C(N)=S)C(C)C. The van der Waals surface area contributed by atoms with Crippen molar-refractivity contribution in [1.29, 1.82) is 0 Å². The number of thiocarbonyl (C=S) groups is 1. The second-order valence-electron chi connectivity index (χ2n) is 5.17. The number of hydrogen-bond donors (Lipinski definition) is 1. The molecule has 0 bridgehead atoms. The summed E-state index contributed by atoms with van der Waals surface area (Å²) in [5.41, 5.74) is 7.21. The Balaban J connectivity index is 3.22. The molecular weight excluding hydrogens is 247 g/mol. The van der Waals surface area contributed by atoms with E-state index in [2.05, 4.69) is 32.6 Å². The molecule has 0 aromatic heterocycles. The van der Waals surface area contributed by atoms with Crippen LogP contribution in [-0.2, 0) is 0 Å². The van der Waals surface area contributed by atoms with E-state index in [1.165, 1.54) is 12.1 Å².